The average Bonchev–Trinajstić information content (AvgIpc) is 3.69. The molecule has 2 aromatic rings. The molecular weight excluding hydrogens is 482 g/mol. The summed E-state index contributed by atoms with van der Waals surface area (Å²) in [6, 6.07) is 13.8. The van der Waals surface area contributed by atoms with E-state index in [0.29, 0.717) is 10.3 Å². The Kier molecular flexibility index (Phi) is 1.18. The molecule has 10 aliphatic rings. The van der Waals surface area contributed by atoms with Crippen molar-refractivity contribution in [2.75, 3.05) is 0 Å². The van der Waals surface area contributed by atoms with E-state index in [1.807, 2.05) is 0 Å². The monoisotopic (exact) mass is 516 g/mol. The van der Waals surface area contributed by atoms with Gasteiger partial charge in [0.15, 0.2) is 0 Å². The fraction of sp³-hybridized carbons (Fsp3) is 0.643. The first-order valence-electron chi connectivity index (χ1n) is 13.0. The molecular formula is C28H34FeN2P2. The van der Waals surface area contributed by atoms with Crippen LogP contribution in [0.15, 0.2) is 48.8 Å². The van der Waals surface area contributed by atoms with Gasteiger partial charge < -0.3 is 0 Å². The van der Waals surface area contributed by atoms with Crippen molar-refractivity contribution in [2.24, 2.45) is 0 Å². The van der Waals surface area contributed by atoms with E-state index in [9.17, 15) is 0 Å². The summed E-state index contributed by atoms with van der Waals surface area (Å²) in [4.78, 5) is 20.8. The van der Waals surface area contributed by atoms with Gasteiger partial charge in [0, 0.05) is 0 Å². The Labute approximate surface area is 189 Å². The van der Waals surface area contributed by atoms with Gasteiger partial charge in [-0.1, -0.05) is 0 Å². The van der Waals surface area contributed by atoms with Crippen LogP contribution in [0.5, 0.6) is 0 Å². The molecule has 10 fully saturated rings. The van der Waals surface area contributed by atoms with Crippen LogP contribution < -0.4 is 10.9 Å². The SMILES string of the molecule is CC(C)(C)P(c1ccccn1)[C]12[CH]3[CH]4[CH]5[C]1(P(c1ccccn1)C(C)(C)C)[Fe]43521678[CH]2[CH]1[CH]6[CH]7[CH]28. The molecule has 12 heterocycles. The van der Waals surface area contributed by atoms with Gasteiger partial charge in [-0.25, -0.2) is 0 Å². The van der Waals surface area contributed by atoms with Crippen LogP contribution in [0.3, 0.4) is 0 Å². The quantitative estimate of drug-likeness (QED) is 0.318. The minimum absolute atomic E-state index is 0.255. The molecule has 2 aromatic heterocycles. The maximum atomic E-state index is 5.20. The minimum atomic E-state index is -3.72. The second kappa shape index (κ2) is 2.27. The number of hydrogen-bond donors (Lipinski definition) is 0. The molecule has 0 saturated carbocycles. The molecule has 6 atom stereocenters. The van der Waals surface area contributed by atoms with E-state index in [1.165, 1.54) is 49.4 Å². The number of nitrogens with zero attached hydrogens (tertiary/aromatic N) is 2. The van der Waals surface area contributed by atoms with Gasteiger partial charge in [0.05, 0.1) is 0 Å². The van der Waals surface area contributed by atoms with E-state index in [-0.39, 0.29) is 15.8 Å². The molecule has 0 radical (unpaired) electrons. The van der Waals surface area contributed by atoms with Crippen molar-refractivity contribution in [3.63, 3.8) is 0 Å². The van der Waals surface area contributed by atoms with Crippen molar-refractivity contribution >= 4 is 26.7 Å². The number of fused-ring (bicyclic) bond motifs is 10. The van der Waals surface area contributed by atoms with Crippen LogP contribution in [0.4, 0.5) is 0 Å². The number of rotatable bonds is 4. The molecule has 10 saturated heterocycles. The number of aromatic nitrogens is 2. The van der Waals surface area contributed by atoms with Crippen molar-refractivity contribution in [3.8, 4) is 0 Å². The maximum absolute atomic E-state index is 5.20. The second-order valence-electron chi connectivity index (χ2n) is 17.1. The Morgan fingerprint density at radius 2 is 1.03 bits per heavy atom. The molecule has 0 aliphatic carbocycles. The molecule has 0 aromatic carbocycles. The fourth-order valence-corrected chi connectivity index (χ4v) is 128. The van der Waals surface area contributed by atoms with E-state index >= 15 is 0 Å². The molecule has 12 rings (SSSR count). The van der Waals surface area contributed by atoms with Gasteiger partial charge in [0.1, 0.15) is 0 Å². The normalized spacial score (nSPS) is 72.3. The molecule has 10 aliphatic heterocycles. The van der Waals surface area contributed by atoms with Gasteiger partial charge in [-0.3, -0.25) is 0 Å². The summed E-state index contributed by atoms with van der Waals surface area (Å²) in [6.07, 6.45) is 4.22. The van der Waals surface area contributed by atoms with Crippen molar-refractivity contribution < 1.29 is 6.51 Å². The second-order valence-corrected chi connectivity index (χ2v) is 47.4. The van der Waals surface area contributed by atoms with Crippen molar-refractivity contribution in [1.29, 1.82) is 0 Å². The summed E-state index contributed by atoms with van der Waals surface area (Å²) in [5.41, 5.74) is 3.05. The predicted molar refractivity (Wildman–Crippen MR) is 137 cm³/mol. The standard InChI is InChI=1S/C23H29N2P2.C5H5.Fe/c1-22(2,3)26(20-14-7-9-16-24-20)18-12-11-13-19(18)27(23(4,5)6)21-15-8-10-17-25-21;1-2-4-5-3-1;/h7-17H,1-6H3;1-5H;. The third kappa shape index (κ3) is 0.370. The van der Waals surface area contributed by atoms with E-state index < -0.39 is 6.51 Å². The first-order chi connectivity index (χ1) is 15.4. The Morgan fingerprint density at radius 3 is 1.27 bits per heavy atom. The summed E-state index contributed by atoms with van der Waals surface area (Å²) in [7, 11) is -0.511. The van der Waals surface area contributed by atoms with Crippen LogP contribution in [0, 0.1) is 0 Å². The summed E-state index contributed by atoms with van der Waals surface area (Å²) >= 11 is 0. The first-order valence-corrected chi connectivity index (χ1v) is 21.9. The Morgan fingerprint density at radius 1 is 0.636 bits per heavy atom. The molecule has 0 bridgehead atoms. The fourth-order valence-electron chi connectivity index (χ4n) is 20.5. The third-order valence-electron chi connectivity index (χ3n) is 18.5. The summed E-state index contributed by atoms with van der Waals surface area (Å²) in [6.45, 7) is 11.9. The van der Waals surface area contributed by atoms with Crippen molar-refractivity contribution in [2.45, 2.75) is 98.5 Å². The Balaban J connectivity index is 1.26. The van der Waals surface area contributed by atoms with E-state index in [4.69, 9.17) is 9.97 Å². The average molecular weight is 516 g/mol. The van der Waals surface area contributed by atoms with Crippen molar-refractivity contribution in [3.05, 3.63) is 48.8 Å². The Bertz CT molecular complexity index is 1610. The summed E-state index contributed by atoms with van der Waals surface area (Å²) in [5.74, 6) is 0. The molecule has 2 nitrogen and oxygen atoms in total. The molecule has 174 valence electrons. The van der Waals surface area contributed by atoms with Crippen LogP contribution in [0.1, 0.15) is 41.5 Å². The van der Waals surface area contributed by atoms with Crippen LogP contribution in [-0.4, -0.2) is 28.4 Å². The first kappa shape index (κ1) is 17.2. The number of pyridine rings is 2. The van der Waals surface area contributed by atoms with E-state index in [0.717, 1.165) is 8.11 Å². The topological polar surface area (TPSA) is 25.8 Å². The Hall–Kier alpha value is -0.321. The predicted octanol–water partition coefficient (Wildman–Crippen LogP) is 7.19. The van der Waals surface area contributed by atoms with Gasteiger partial charge in [0.2, 0.25) is 0 Å². The van der Waals surface area contributed by atoms with Crippen LogP contribution in [-0.2, 0) is 6.51 Å². The van der Waals surface area contributed by atoms with Crippen LogP contribution in [0.25, 0.3) is 0 Å². The van der Waals surface area contributed by atoms with E-state index in [1.54, 1.807) is 0 Å². The molecule has 6 unspecified atom stereocenters. The molecule has 0 amide bonds. The third-order valence-corrected chi connectivity index (χ3v) is 76.2. The molecule has 5 heteroatoms. The molecule has 33 heavy (non-hydrogen) atoms. The summed E-state index contributed by atoms with van der Waals surface area (Å²) in [5, 5.41) is 0.690. The van der Waals surface area contributed by atoms with Gasteiger partial charge >= 0.3 is 190 Å². The molecule has 0 N–H and O–H groups in total. The zero-order chi connectivity index (χ0) is 22.3. The summed E-state index contributed by atoms with van der Waals surface area (Å²) < 4.78 is 1.54. The van der Waals surface area contributed by atoms with Gasteiger partial charge in [-0.2, -0.15) is 0 Å². The van der Waals surface area contributed by atoms with E-state index in [2.05, 4.69) is 90.3 Å². The van der Waals surface area contributed by atoms with Gasteiger partial charge in [0.25, 0.3) is 0 Å². The van der Waals surface area contributed by atoms with Crippen LogP contribution >= 0.6 is 15.8 Å². The molecule has 1 spiro atoms. The van der Waals surface area contributed by atoms with Gasteiger partial charge in [-0.15, -0.1) is 0 Å². The number of hydrogen-bond acceptors (Lipinski definition) is 2. The zero-order valence-corrected chi connectivity index (χ0v) is 23.3. The van der Waals surface area contributed by atoms with Crippen molar-refractivity contribution in [1.82, 2.24) is 9.97 Å². The van der Waals surface area contributed by atoms with Gasteiger partial charge in [-0.05, 0) is 0 Å². The zero-order valence-electron chi connectivity index (χ0n) is 20.4. The van der Waals surface area contributed by atoms with Crippen LogP contribution in [0.2, 0.25) is 38.5 Å².